The molecule has 0 amide bonds. The Kier molecular flexibility index (Phi) is 24.9. The summed E-state index contributed by atoms with van der Waals surface area (Å²) in [5.41, 5.74) is -25.1. The number of halogens is 32. The van der Waals surface area contributed by atoms with Gasteiger partial charge in [-0.3, -0.25) is 0 Å². The molecule has 15 rings (SSSR count). The summed E-state index contributed by atoms with van der Waals surface area (Å²) in [5, 5.41) is 52.8. The van der Waals surface area contributed by atoms with E-state index >= 15 is 43.9 Å². The summed E-state index contributed by atoms with van der Waals surface area (Å²) in [6, 6.07) is 18.8. The van der Waals surface area contributed by atoms with Crippen LogP contribution in [-0.4, -0.2) is 11.0 Å². The van der Waals surface area contributed by atoms with E-state index in [1.165, 1.54) is 48.5 Å². The maximum Gasteiger partial charge on any atom is 0.525 e. The Morgan fingerprint density at radius 1 is 0.264 bits per heavy atom. The van der Waals surface area contributed by atoms with Crippen molar-refractivity contribution in [2.24, 2.45) is 0 Å². The van der Waals surface area contributed by atoms with E-state index in [0.29, 0.717) is 35.4 Å². The van der Waals surface area contributed by atoms with Gasteiger partial charge in [-0.05, 0) is 196 Å². The summed E-state index contributed by atoms with van der Waals surface area (Å²) >= 11 is -2.31. The van der Waals surface area contributed by atoms with E-state index in [2.05, 4.69) is 29.1 Å². The zero-order valence-corrected chi connectivity index (χ0v) is 70.8. The lowest BCUT2D eigenvalue weighted by Crippen LogP contribution is -2.24. The minimum Gasteiger partial charge on any atom is -0.207 e. The van der Waals surface area contributed by atoms with Crippen LogP contribution >= 0.6 is 44.0 Å². The Morgan fingerprint density at radius 3 is 0.607 bits per heavy atom. The Balaban J connectivity index is 0.000000179. The maximum absolute atomic E-state index is 16.4. The highest BCUT2D eigenvalue weighted by Gasteiger charge is 2.70. The van der Waals surface area contributed by atoms with Crippen molar-refractivity contribution in [3.63, 3.8) is 0 Å². The van der Waals surface area contributed by atoms with Crippen molar-refractivity contribution in [2.45, 2.75) is 69.1 Å². The van der Waals surface area contributed by atoms with E-state index in [0.717, 1.165) is 24.3 Å². The molecule has 48 heteroatoms. The summed E-state index contributed by atoms with van der Waals surface area (Å²) in [6.07, 6.45) is -4.47. The first-order valence-electron chi connectivity index (χ1n) is 37.5. The van der Waals surface area contributed by atoms with Gasteiger partial charge >= 0.3 is 48.9 Å². The van der Waals surface area contributed by atoms with E-state index in [1.807, 2.05) is 0 Å². The predicted molar refractivity (Wildman–Crippen MR) is 441 cm³/mol. The molecular weight excluding hydrogens is 2010 g/mol. The quantitative estimate of drug-likeness (QED) is 0.0564. The van der Waals surface area contributed by atoms with Gasteiger partial charge in [-0.25, -0.2) is 70.2 Å². The molecule has 0 saturated heterocycles. The number of hydrogen-bond donors (Lipinski definition) is 0. The molecule has 0 bridgehead atoms. The zero-order chi connectivity index (χ0) is 104. The van der Waals surface area contributed by atoms with Gasteiger partial charge in [0.1, 0.15) is 186 Å². The highest BCUT2D eigenvalue weighted by molar-refractivity contribution is 8.46. The smallest absolute Gasteiger partial charge is 0.207 e. The molecule has 140 heavy (non-hydrogen) atoms. The molecule has 12 nitrogen and oxygen atoms in total. The van der Waals surface area contributed by atoms with Crippen LogP contribution in [0.2, 0.25) is 0 Å². The van der Waals surface area contributed by atoms with Gasteiger partial charge in [-0.1, -0.05) is 63.1 Å². The van der Waals surface area contributed by atoms with Crippen LogP contribution in [0.1, 0.15) is 33.4 Å². The van der Waals surface area contributed by atoms with Crippen molar-refractivity contribution in [1.29, 1.82) is 31.6 Å². The van der Waals surface area contributed by atoms with Crippen LogP contribution in [0.5, 0.6) is 0 Å². The standard InChI is InChI=1S/C32H8F12N4S2.C30H8F16N4S2.C30H12F4N4/c1-47-30(48-2)17-8-16-23(12-5-20(35)29(21(36)6-12)50-32(42,43)44)24-15(7-14(26(24)37)13(9-45)10-46)22(25(16)27(17)38)11-3-18(33)28(19(34)4-11)49-31(39,40)41;1-49-30(50-2)17-8-16-23(12-5-20(33)29(21(34)6-12)52(42,43,44,45)46)24-15(7-14(26(24)35)13(9-47)10-48)22(25(16)27(17)36)11-3-18(31)28(19(32)4-11)51(37,38,39,40)41;1-37-30(38-2)23-12-22-25(16-5-9-19(32)10-6-16)26-21(11-20(28(26)33)17(13-35)14-36)24(27(22)29(23)34)15-3-7-18(31)8-4-15/h3-6H,7-8H2;3-6H,7-8H2;3-10H,11-12H2. The molecule has 0 spiro atoms. The maximum atomic E-state index is 16.4. The molecular formula is C92H28F32N12S4. The number of thioether (sulfide) groups is 2. The van der Waals surface area contributed by atoms with Gasteiger partial charge in [0.05, 0.1) is 26.5 Å². The number of benzene rings is 9. The van der Waals surface area contributed by atoms with Crippen LogP contribution < -0.4 is 31.3 Å². The third kappa shape index (κ3) is 18.0. The average molecular weight is 2040 g/mol. The number of allylic oxidation sites excluding steroid dienone is 9. The third-order valence-electron chi connectivity index (χ3n) is 21.8. The minimum absolute atomic E-state index is 0.00825. The van der Waals surface area contributed by atoms with Gasteiger partial charge in [-0.2, -0.15) is 87.0 Å². The molecule has 0 heterocycles. The molecule has 6 aliphatic carbocycles. The number of rotatable bonds is 10. The molecule has 0 unspecified atom stereocenters. The SMILES string of the molecule is [C-]#[N+]C([N+]#[C-])=C1Cc2c(-c3cc(F)c(S(F)(F)(F)(F)F)c(F)c3)c3c(c(-c4cc(F)c(S(F)(F)(F)(F)F)c(F)c4)c2=C1F)CC(=C(C#N)C#N)C=3F.[C-]#[N+]C([N+]#[C-])=C1Cc2c(-c3cc(F)c(SC(F)(F)F)c(F)c3)c3c(c(-c4cc(F)c(SC(F)(F)F)c(F)c4)c2=C1F)CC(=C(C#N)C#N)C=3F.[C-]#[N+]C([N+]#[C-])=C1Cc2c(-c3ccc(F)cc3)c3c(c(-c4ccc(F)cc4)c2=C1F)CC(=C(C#N)C#N)C=3F. The van der Waals surface area contributed by atoms with Crippen molar-refractivity contribution < 1.29 is 135 Å². The summed E-state index contributed by atoms with van der Waals surface area (Å²) < 4.78 is 459. The number of nitriles is 6. The lowest BCUT2D eigenvalue weighted by atomic mass is 9.87. The summed E-state index contributed by atoms with van der Waals surface area (Å²) in [5.74, 6) is -30.9. The zero-order valence-electron chi connectivity index (χ0n) is 67.6. The van der Waals surface area contributed by atoms with Crippen molar-refractivity contribution in [1.82, 2.24) is 0 Å². The van der Waals surface area contributed by atoms with Gasteiger partial charge in [0.2, 0.25) is 0 Å². The number of nitrogens with zero attached hydrogens (tertiary/aromatic N) is 12. The molecule has 0 radical (unpaired) electrons. The number of fused-ring (bicyclic) bond motifs is 6. The topological polar surface area (TPSA) is 169 Å². The normalized spacial score (nSPS) is 14.7. The van der Waals surface area contributed by atoms with Gasteiger partial charge in [-0.15, -0.1) is 0 Å². The highest BCUT2D eigenvalue weighted by atomic mass is 32.5. The van der Waals surface area contributed by atoms with E-state index < -0.39 is 362 Å². The van der Waals surface area contributed by atoms with Crippen molar-refractivity contribution in [3.05, 3.63) is 356 Å². The highest BCUT2D eigenvalue weighted by Crippen LogP contribution is 3.03. The Labute approximate surface area is 770 Å². The summed E-state index contributed by atoms with van der Waals surface area (Å²) in [7, 11) is -22.3. The first kappa shape index (κ1) is 101. The largest absolute Gasteiger partial charge is 0.525 e. The Morgan fingerprint density at radius 2 is 0.436 bits per heavy atom. The van der Waals surface area contributed by atoms with E-state index in [9.17, 15) is 123 Å². The predicted octanol–water partition coefficient (Wildman–Crippen LogP) is 27.0. The van der Waals surface area contributed by atoms with Gasteiger partial charge in [0.15, 0.2) is 9.79 Å². The molecule has 9 aromatic carbocycles. The fourth-order valence-electron chi connectivity index (χ4n) is 16.7. The molecule has 704 valence electrons. The van der Waals surface area contributed by atoms with Crippen LogP contribution in [0, 0.1) is 166 Å². The van der Waals surface area contributed by atoms with Crippen molar-refractivity contribution in [3.8, 4) is 103 Å². The Bertz CT molecular complexity index is 7860. The molecule has 9 aromatic rings. The average Bonchev–Trinajstić information content (AvgIpc) is 1.28. The first-order valence-corrected chi connectivity index (χ1v) is 43.0. The molecule has 6 aliphatic rings. The van der Waals surface area contributed by atoms with Gasteiger partial charge in [0, 0.05) is 86.6 Å². The minimum atomic E-state index is -11.2. The first-order chi connectivity index (χ1) is 65.1. The van der Waals surface area contributed by atoms with Gasteiger partial charge in [0.25, 0.3) is 0 Å². The third-order valence-corrected chi connectivity index (χ3v) is 25.8. The monoisotopic (exact) mass is 2040 g/mol. The van der Waals surface area contributed by atoms with Crippen LogP contribution in [-0.2, 0) is 38.5 Å². The Hall–Kier alpha value is -16.3. The lowest BCUT2D eigenvalue weighted by molar-refractivity contribution is -0.0339. The molecule has 0 aliphatic heterocycles. The van der Waals surface area contributed by atoms with Crippen LogP contribution in [0.15, 0.2) is 184 Å². The molecule has 0 aromatic heterocycles. The molecule has 0 saturated carbocycles. The fraction of sp³-hybridized carbons (Fsp3) is 0.0870. The molecule has 0 atom stereocenters. The number of hydrogen-bond acceptors (Lipinski definition) is 8. The van der Waals surface area contributed by atoms with Crippen LogP contribution in [0.4, 0.5) is 135 Å². The summed E-state index contributed by atoms with van der Waals surface area (Å²) in [4.78, 5) is 7.31. The van der Waals surface area contributed by atoms with E-state index in [1.54, 1.807) is 12.1 Å². The van der Waals surface area contributed by atoms with Gasteiger partial charge < -0.3 is 0 Å². The van der Waals surface area contributed by atoms with Crippen molar-refractivity contribution >= 4 is 78.9 Å². The second-order valence-corrected chi connectivity index (χ2v) is 36.6. The molecule has 0 fully saturated rings. The van der Waals surface area contributed by atoms with Crippen LogP contribution in [0.25, 0.3) is 131 Å². The number of alkyl halides is 6. The van der Waals surface area contributed by atoms with E-state index in [4.69, 9.17) is 39.4 Å². The second-order valence-electron chi connectivity index (χ2n) is 29.7. The fourth-order valence-corrected chi connectivity index (χ4v) is 19.5. The van der Waals surface area contributed by atoms with Crippen molar-refractivity contribution in [2.75, 3.05) is 0 Å². The van der Waals surface area contributed by atoms with E-state index in [-0.39, 0.29) is 56.7 Å². The van der Waals surface area contributed by atoms with Crippen LogP contribution in [0.3, 0.4) is 0 Å². The second kappa shape index (κ2) is 34.4. The lowest BCUT2D eigenvalue weighted by Gasteiger charge is -2.40. The summed E-state index contributed by atoms with van der Waals surface area (Å²) in [6.45, 7) is 43.6. The molecule has 0 N–H and O–H groups in total.